The minimum atomic E-state index is -0.809. The van der Waals surface area contributed by atoms with Crippen molar-refractivity contribution in [1.29, 1.82) is 0 Å². The summed E-state index contributed by atoms with van der Waals surface area (Å²) < 4.78 is 14.2. The zero-order valence-electron chi connectivity index (χ0n) is 22.3. The zero-order chi connectivity index (χ0) is 27.7. The number of nitrogens with one attached hydrogen (secondary N) is 1. The molecule has 0 saturated heterocycles. The monoisotopic (exact) mass is 554 g/mol. The number of alkyl halides is 1. The summed E-state index contributed by atoms with van der Waals surface area (Å²) in [5, 5.41) is 10.1. The fourth-order valence-corrected chi connectivity index (χ4v) is 5.15. The second-order valence-corrected chi connectivity index (χ2v) is 10.3. The van der Waals surface area contributed by atoms with Crippen molar-refractivity contribution in [2.45, 2.75) is 38.3 Å². The maximum Gasteiger partial charge on any atom is 0.122 e. The summed E-state index contributed by atoms with van der Waals surface area (Å²) in [4.78, 5) is 2.19. The van der Waals surface area contributed by atoms with Crippen LogP contribution < -0.4 is 10.3 Å². The average molecular weight is 556 g/mol. The number of hydrogen-bond donors (Lipinski definition) is 1. The molecule has 0 fully saturated rings. The van der Waals surface area contributed by atoms with Gasteiger partial charge in [-0.2, -0.15) is 5.10 Å². The predicted octanol–water partition coefficient (Wildman–Crippen LogP) is 7.82. The Morgan fingerprint density at radius 2 is 1.95 bits per heavy atom. The topological polar surface area (TPSA) is 30.9 Å². The van der Waals surface area contributed by atoms with Crippen molar-refractivity contribution >= 4 is 41.2 Å². The maximum atomic E-state index is 14.2. The van der Waals surface area contributed by atoms with Crippen molar-refractivity contribution in [2.75, 3.05) is 32.2 Å². The predicted molar refractivity (Wildman–Crippen MR) is 163 cm³/mol. The van der Waals surface area contributed by atoms with E-state index in [0.717, 1.165) is 48.1 Å². The van der Waals surface area contributed by atoms with Crippen LogP contribution in [-0.4, -0.2) is 44.5 Å². The molecule has 0 amide bonds. The molecule has 0 saturated carbocycles. The van der Waals surface area contributed by atoms with Gasteiger partial charge in [-0.05, 0) is 78.8 Å². The number of likely N-dealkylation sites (N-methyl/N-ethyl adjacent to an activating group) is 1. The third-order valence-corrected chi connectivity index (χ3v) is 7.37. The van der Waals surface area contributed by atoms with E-state index in [9.17, 15) is 4.39 Å². The second kappa shape index (κ2) is 14.3. The Morgan fingerprint density at radius 3 is 2.58 bits per heavy atom. The van der Waals surface area contributed by atoms with Gasteiger partial charge in [0.2, 0.25) is 0 Å². The van der Waals surface area contributed by atoms with Gasteiger partial charge in [0.25, 0.3) is 0 Å². The Morgan fingerprint density at radius 1 is 1.21 bits per heavy atom. The van der Waals surface area contributed by atoms with E-state index in [2.05, 4.69) is 59.3 Å². The van der Waals surface area contributed by atoms with Crippen LogP contribution in [0.15, 0.2) is 78.7 Å². The second-order valence-electron chi connectivity index (χ2n) is 9.48. The van der Waals surface area contributed by atoms with E-state index in [1.165, 1.54) is 5.56 Å². The fourth-order valence-electron chi connectivity index (χ4n) is 4.54. The Kier molecular flexibility index (Phi) is 11.2. The molecular formula is C31H37Cl2FN4. The summed E-state index contributed by atoms with van der Waals surface area (Å²) in [5.74, 6) is 0.569. The molecule has 1 atom stereocenters. The molecular weight excluding hydrogens is 518 g/mol. The molecule has 1 aliphatic rings. The van der Waals surface area contributed by atoms with Crippen LogP contribution in [0, 0.1) is 0 Å². The fraction of sp³-hybridized carbons (Fsp3) is 0.323. The lowest BCUT2D eigenvalue weighted by Crippen LogP contribution is -2.27. The van der Waals surface area contributed by atoms with Crippen molar-refractivity contribution < 1.29 is 4.39 Å². The zero-order valence-corrected chi connectivity index (χ0v) is 23.8. The van der Waals surface area contributed by atoms with Gasteiger partial charge in [0.15, 0.2) is 0 Å². The SMILES string of the molecule is C=C/C=N\N(C(=C)NC)c1cc(Cl)c(Cc2ccc(C=C)c(CCN(C)CC3=CCCCC3F)c2)c(Cl)c1. The lowest BCUT2D eigenvalue weighted by molar-refractivity contribution is 0.294. The van der Waals surface area contributed by atoms with Crippen LogP contribution in [0.4, 0.5) is 10.1 Å². The number of benzene rings is 2. The molecule has 2 aromatic rings. The van der Waals surface area contributed by atoms with Crippen molar-refractivity contribution in [3.05, 3.63) is 106 Å². The number of nitrogens with zero attached hydrogens (tertiary/aromatic N) is 3. The van der Waals surface area contributed by atoms with Gasteiger partial charge in [-0.15, -0.1) is 0 Å². The minimum Gasteiger partial charge on any atom is -0.374 e. The van der Waals surface area contributed by atoms with Crippen LogP contribution in [0.25, 0.3) is 6.08 Å². The number of halogens is 3. The Bertz CT molecular complexity index is 1200. The van der Waals surface area contributed by atoms with E-state index >= 15 is 0 Å². The highest BCUT2D eigenvalue weighted by atomic mass is 35.5. The first-order valence-corrected chi connectivity index (χ1v) is 13.6. The van der Waals surface area contributed by atoms with Gasteiger partial charge >= 0.3 is 0 Å². The van der Waals surface area contributed by atoms with Gasteiger partial charge in [0.05, 0.1) is 5.69 Å². The van der Waals surface area contributed by atoms with E-state index in [1.54, 1.807) is 24.3 Å². The molecule has 0 bridgehead atoms. The molecule has 38 heavy (non-hydrogen) atoms. The molecule has 1 unspecified atom stereocenters. The van der Waals surface area contributed by atoms with E-state index in [4.69, 9.17) is 23.2 Å². The highest BCUT2D eigenvalue weighted by molar-refractivity contribution is 6.36. The number of allylic oxidation sites excluding steroid dienone is 2. The van der Waals surface area contributed by atoms with Gasteiger partial charge in [-0.1, -0.05) is 73.3 Å². The lowest BCUT2D eigenvalue weighted by atomic mass is 9.96. The molecule has 0 aliphatic heterocycles. The third kappa shape index (κ3) is 7.83. The van der Waals surface area contributed by atoms with Crippen LogP contribution >= 0.6 is 23.2 Å². The number of hydrazone groups is 1. The summed E-state index contributed by atoms with van der Waals surface area (Å²) in [6.45, 7) is 13.1. The minimum absolute atomic E-state index is 0.547. The molecule has 7 heteroatoms. The summed E-state index contributed by atoms with van der Waals surface area (Å²) in [7, 11) is 3.81. The molecule has 0 aromatic heterocycles. The van der Waals surface area contributed by atoms with Crippen molar-refractivity contribution in [1.82, 2.24) is 10.2 Å². The highest BCUT2D eigenvalue weighted by Gasteiger charge is 2.18. The third-order valence-electron chi connectivity index (χ3n) is 6.70. The van der Waals surface area contributed by atoms with E-state index in [-0.39, 0.29) is 0 Å². The molecule has 1 N–H and O–H groups in total. The van der Waals surface area contributed by atoms with Gasteiger partial charge in [0.1, 0.15) is 12.0 Å². The lowest BCUT2D eigenvalue weighted by Gasteiger charge is -2.24. The van der Waals surface area contributed by atoms with Crippen LogP contribution in [0.3, 0.4) is 0 Å². The number of rotatable bonds is 13. The van der Waals surface area contributed by atoms with Gasteiger partial charge in [0, 0.05) is 42.8 Å². The molecule has 0 heterocycles. The van der Waals surface area contributed by atoms with Crippen LogP contribution in [0.1, 0.15) is 41.5 Å². The molecule has 3 rings (SSSR count). The van der Waals surface area contributed by atoms with E-state index in [0.29, 0.717) is 40.9 Å². The molecule has 4 nitrogen and oxygen atoms in total. The van der Waals surface area contributed by atoms with Crippen molar-refractivity contribution in [3.8, 4) is 0 Å². The summed E-state index contributed by atoms with van der Waals surface area (Å²) in [6.07, 6.45) is 10.3. The maximum absolute atomic E-state index is 14.2. The normalized spacial score (nSPS) is 15.4. The van der Waals surface area contributed by atoms with Gasteiger partial charge < -0.3 is 10.2 Å². The summed E-state index contributed by atoms with van der Waals surface area (Å²) in [5.41, 5.74) is 5.83. The smallest absolute Gasteiger partial charge is 0.122 e. The Balaban J connectivity index is 1.77. The van der Waals surface area contributed by atoms with Gasteiger partial charge in [-0.3, -0.25) is 0 Å². The molecule has 0 spiro atoms. The number of anilines is 1. The Labute approximate surface area is 236 Å². The first kappa shape index (κ1) is 29.7. The van der Waals surface area contributed by atoms with Crippen molar-refractivity contribution in [3.63, 3.8) is 0 Å². The van der Waals surface area contributed by atoms with Gasteiger partial charge in [-0.25, -0.2) is 9.40 Å². The highest BCUT2D eigenvalue weighted by Crippen LogP contribution is 2.34. The summed E-state index contributed by atoms with van der Waals surface area (Å²) >= 11 is 13.4. The number of hydrogen-bond acceptors (Lipinski definition) is 4. The standard InChI is InChI=1S/C31H37Cl2FN4/c1-6-15-36-38(22(3)35-4)27-19-29(32)28(30(33)20-27)18-23-12-13-24(7-2)25(17-23)14-16-37(5)21-26-10-8-9-11-31(26)34/h6-7,10,12-13,15,17,19-20,31,35H,1-3,8-9,11,14,16,18,21H2,4-5H3/b36-15-. The molecule has 2 aromatic carbocycles. The Hall–Kier alpha value is -2.86. The van der Waals surface area contributed by atoms with Crippen LogP contribution in [0.2, 0.25) is 10.0 Å². The molecule has 202 valence electrons. The van der Waals surface area contributed by atoms with E-state index in [1.807, 2.05) is 25.3 Å². The largest absolute Gasteiger partial charge is 0.374 e. The van der Waals surface area contributed by atoms with Crippen LogP contribution in [0.5, 0.6) is 0 Å². The van der Waals surface area contributed by atoms with Crippen molar-refractivity contribution in [2.24, 2.45) is 5.10 Å². The average Bonchev–Trinajstić information content (AvgIpc) is 2.91. The van der Waals surface area contributed by atoms with E-state index < -0.39 is 6.17 Å². The van der Waals surface area contributed by atoms with Crippen LogP contribution in [-0.2, 0) is 12.8 Å². The quantitative estimate of drug-likeness (QED) is 0.155. The summed E-state index contributed by atoms with van der Waals surface area (Å²) in [6, 6.07) is 10.0. The first-order chi connectivity index (χ1) is 18.3. The molecule has 1 aliphatic carbocycles. The molecule has 0 radical (unpaired) electrons. The first-order valence-electron chi connectivity index (χ1n) is 12.8.